The van der Waals surface area contributed by atoms with Crippen molar-refractivity contribution in [3.63, 3.8) is 0 Å². The molecule has 0 amide bonds. The average molecular weight is 925 g/mol. The van der Waals surface area contributed by atoms with E-state index in [-0.39, 0.29) is 19.4 Å². The zero-order chi connectivity index (χ0) is 47.5. The van der Waals surface area contributed by atoms with E-state index >= 15 is 0 Å². The molecule has 2 saturated heterocycles. The zero-order valence-electron chi connectivity index (χ0n) is 39.2. The normalized spacial score (nSPS) is 26.9. The van der Waals surface area contributed by atoms with Gasteiger partial charge in [-0.2, -0.15) is 0 Å². The van der Waals surface area contributed by atoms with Crippen LogP contribution in [0.15, 0.2) is 60.8 Å². The molecule has 0 bridgehead atoms. The first-order chi connectivity index (χ1) is 31.5. The van der Waals surface area contributed by atoms with E-state index in [1.807, 2.05) is 0 Å². The molecule has 0 aromatic carbocycles. The summed E-state index contributed by atoms with van der Waals surface area (Å²) in [6.07, 6.45) is 24.0. The van der Waals surface area contributed by atoms with Gasteiger partial charge >= 0.3 is 11.9 Å². The van der Waals surface area contributed by atoms with Gasteiger partial charge in [0.05, 0.1) is 19.8 Å². The van der Waals surface area contributed by atoms with E-state index in [2.05, 4.69) is 74.6 Å². The molecule has 15 nitrogen and oxygen atoms in total. The lowest BCUT2D eigenvalue weighted by molar-refractivity contribution is -0.332. The number of carbonyl (C=O) groups excluding carboxylic acids is 2. The summed E-state index contributed by atoms with van der Waals surface area (Å²) >= 11 is 0. The first kappa shape index (κ1) is 58.3. The highest BCUT2D eigenvalue weighted by molar-refractivity contribution is 5.70. The molecular weight excluding hydrogens is 841 g/mol. The van der Waals surface area contributed by atoms with Crippen molar-refractivity contribution in [1.82, 2.24) is 0 Å². The number of ether oxygens (including phenoxy) is 6. The summed E-state index contributed by atoms with van der Waals surface area (Å²) in [4.78, 5) is 25.7. The molecule has 0 aromatic rings. The van der Waals surface area contributed by atoms with Gasteiger partial charge in [0.15, 0.2) is 18.7 Å². The number of rotatable bonds is 36. The van der Waals surface area contributed by atoms with Gasteiger partial charge in [0.1, 0.15) is 55.4 Å². The van der Waals surface area contributed by atoms with Crippen molar-refractivity contribution in [3.05, 3.63) is 60.8 Å². The molecule has 65 heavy (non-hydrogen) atoms. The third-order valence-electron chi connectivity index (χ3n) is 11.2. The number of unbranched alkanes of at least 4 members (excludes halogenated alkanes) is 12. The Hall–Kier alpha value is -2.80. The van der Waals surface area contributed by atoms with Gasteiger partial charge in [-0.25, -0.2) is 0 Å². The van der Waals surface area contributed by atoms with Gasteiger partial charge in [-0.15, -0.1) is 0 Å². The van der Waals surface area contributed by atoms with Gasteiger partial charge < -0.3 is 64.2 Å². The van der Waals surface area contributed by atoms with Crippen molar-refractivity contribution in [1.29, 1.82) is 0 Å². The third kappa shape index (κ3) is 25.8. The number of hydrogen-bond acceptors (Lipinski definition) is 15. The Morgan fingerprint density at radius 3 is 1.54 bits per heavy atom. The molecule has 2 heterocycles. The smallest absolute Gasteiger partial charge is 0.306 e. The molecule has 0 radical (unpaired) electrons. The predicted octanol–water partition coefficient (Wildman–Crippen LogP) is 6.10. The zero-order valence-corrected chi connectivity index (χ0v) is 39.2. The highest BCUT2D eigenvalue weighted by Gasteiger charge is 2.47. The van der Waals surface area contributed by atoms with Crippen molar-refractivity contribution in [3.8, 4) is 0 Å². The lowest BCUT2D eigenvalue weighted by Gasteiger charge is -2.42. The van der Waals surface area contributed by atoms with Crippen molar-refractivity contribution < 1.29 is 73.8 Å². The van der Waals surface area contributed by atoms with Gasteiger partial charge in [-0.1, -0.05) is 120 Å². The van der Waals surface area contributed by atoms with Crippen LogP contribution in [0.1, 0.15) is 149 Å². The monoisotopic (exact) mass is 925 g/mol. The van der Waals surface area contributed by atoms with E-state index in [9.17, 15) is 45.3 Å². The molecule has 374 valence electrons. The Labute approximate surface area is 388 Å². The molecule has 0 spiro atoms. The molecule has 2 rings (SSSR count). The fourth-order valence-electron chi connectivity index (χ4n) is 7.14. The van der Waals surface area contributed by atoms with Gasteiger partial charge in [0.2, 0.25) is 0 Å². The number of allylic oxidation sites excluding steroid dienone is 10. The van der Waals surface area contributed by atoms with Crippen molar-refractivity contribution >= 4 is 11.9 Å². The number of aliphatic hydroxyl groups excluding tert-OH is 7. The highest BCUT2D eigenvalue weighted by Crippen LogP contribution is 2.26. The van der Waals surface area contributed by atoms with Crippen LogP contribution >= 0.6 is 0 Å². The van der Waals surface area contributed by atoms with Crippen LogP contribution in [0, 0.1) is 0 Å². The second-order valence-corrected chi connectivity index (χ2v) is 16.9. The van der Waals surface area contributed by atoms with Crippen molar-refractivity contribution in [2.24, 2.45) is 0 Å². The highest BCUT2D eigenvalue weighted by atomic mass is 16.7. The molecular formula is C50H84O15. The molecule has 0 saturated carbocycles. The molecule has 15 heteroatoms. The summed E-state index contributed by atoms with van der Waals surface area (Å²) in [5.74, 6) is -0.978. The van der Waals surface area contributed by atoms with E-state index in [0.29, 0.717) is 12.8 Å². The maximum absolute atomic E-state index is 12.9. The lowest BCUT2D eigenvalue weighted by Crippen LogP contribution is -2.61. The summed E-state index contributed by atoms with van der Waals surface area (Å²) in [5.41, 5.74) is 0. The third-order valence-corrected chi connectivity index (χ3v) is 11.2. The predicted molar refractivity (Wildman–Crippen MR) is 247 cm³/mol. The van der Waals surface area contributed by atoms with Crippen molar-refractivity contribution in [2.45, 2.75) is 216 Å². The molecule has 0 aliphatic carbocycles. The summed E-state index contributed by atoms with van der Waals surface area (Å²) in [7, 11) is 0. The quantitative estimate of drug-likeness (QED) is 0.0214. The Morgan fingerprint density at radius 2 is 0.954 bits per heavy atom. The van der Waals surface area contributed by atoms with Crippen LogP contribution in [0.25, 0.3) is 0 Å². The van der Waals surface area contributed by atoms with Crippen LogP contribution in [0.4, 0.5) is 0 Å². The molecule has 2 fully saturated rings. The number of esters is 2. The standard InChI is InChI=1S/C50H84O15/c1-3-5-7-9-11-13-15-17-18-19-20-21-23-24-26-28-30-32-41(52)60-35-38(63-42(53)33-31-29-27-25-22-16-14-12-10-8-6-4-2)36-61-49-48(59)46(57)44(55)40(65-49)37-62-50-47(58)45(56)43(54)39(34-51)64-50/h7,9,12-15,18-19,21,23,38-40,43-51,54-59H,3-6,8,10-11,16-17,20,22,24-37H2,1-2H3/b9-7+,14-12+,15-13+,19-18+,23-21+/t38-,39+,40+,43-,44-,45?,46?,47?,48?,49+,50+/m0/s1. The van der Waals surface area contributed by atoms with E-state index < -0.39 is 99.3 Å². The van der Waals surface area contributed by atoms with E-state index in [4.69, 9.17) is 28.4 Å². The molecule has 11 atom stereocenters. The van der Waals surface area contributed by atoms with Crippen LogP contribution < -0.4 is 0 Å². The van der Waals surface area contributed by atoms with Gasteiger partial charge in [0.25, 0.3) is 0 Å². The first-order valence-electron chi connectivity index (χ1n) is 24.4. The molecule has 2 aliphatic heterocycles. The Bertz CT molecular complexity index is 1370. The van der Waals surface area contributed by atoms with Gasteiger partial charge in [-0.3, -0.25) is 9.59 Å². The largest absolute Gasteiger partial charge is 0.462 e. The SMILES string of the molecule is CCC/C=C/C/C=C/C/C=C/C/C=C/CCCCCC(=O)OC[C@@H](CO[C@@H]1O[C@H](CO[C@@H]2O[C@H](CO)[C@H](O)C(O)C2O)[C@H](O)C(O)C1O)OC(=O)CCCCCCC/C=C/CCCCC. The van der Waals surface area contributed by atoms with Gasteiger partial charge in [-0.05, 0) is 77.0 Å². The Morgan fingerprint density at radius 1 is 0.492 bits per heavy atom. The molecule has 7 N–H and O–H groups in total. The summed E-state index contributed by atoms with van der Waals surface area (Å²) in [6.45, 7) is 2.43. The first-order valence-corrected chi connectivity index (χ1v) is 24.4. The second-order valence-electron chi connectivity index (χ2n) is 16.9. The van der Waals surface area contributed by atoms with Crippen LogP contribution in [0.2, 0.25) is 0 Å². The minimum Gasteiger partial charge on any atom is -0.462 e. The van der Waals surface area contributed by atoms with E-state index in [1.54, 1.807) is 0 Å². The van der Waals surface area contributed by atoms with Crippen LogP contribution in [-0.2, 0) is 38.0 Å². The van der Waals surface area contributed by atoms with E-state index in [1.165, 1.54) is 25.7 Å². The summed E-state index contributed by atoms with van der Waals surface area (Å²) in [6, 6.07) is 0. The number of carbonyl (C=O) groups is 2. The topological polar surface area (TPSA) is 231 Å². The fourth-order valence-corrected chi connectivity index (χ4v) is 7.14. The van der Waals surface area contributed by atoms with E-state index in [0.717, 1.165) is 83.5 Å². The van der Waals surface area contributed by atoms with Crippen LogP contribution in [0.5, 0.6) is 0 Å². The van der Waals surface area contributed by atoms with Crippen molar-refractivity contribution in [2.75, 3.05) is 26.4 Å². The minimum atomic E-state index is -1.77. The maximum atomic E-state index is 12.9. The minimum absolute atomic E-state index is 0.145. The molecule has 4 unspecified atom stereocenters. The Balaban J connectivity index is 1.85. The fraction of sp³-hybridized carbons (Fsp3) is 0.760. The summed E-state index contributed by atoms with van der Waals surface area (Å²) in [5, 5.41) is 72.0. The van der Waals surface area contributed by atoms with Gasteiger partial charge in [0, 0.05) is 12.8 Å². The molecule has 2 aliphatic rings. The maximum Gasteiger partial charge on any atom is 0.306 e. The van der Waals surface area contributed by atoms with Crippen LogP contribution in [0.3, 0.4) is 0 Å². The number of hydrogen-bond donors (Lipinski definition) is 7. The number of aliphatic hydroxyl groups is 7. The lowest BCUT2D eigenvalue weighted by atomic mass is 9.98. The summed E-state index contributed by atoms with van der Waals surface area (Å²) < 4.78 is 33.5. The average Bonchev–Trinajstić information content (AvgIpc) is 3.30. The van der Waals surface area contributed by atoms with Crippen LogP contribution in [-0.4, -0.2) is 142 Å². The Kier molecular flexibility index (Phi) is 33.4. The molecule has 0 aromatic heterocycles. The second kappa shape index (κ2) is 37.2.